The lowest BCUT2D eigenvalue weighted by atomic mass is 9.73. The molecule has 4 nitrogen and oxygen atoms in total. The van der Waals surface area contributed by atoms with Crippen molar-refractivity contribution in [2.45, 2.75) is 44.6 Å². The first-order valence-electron chi connectivity index (χ1n) is 8.25. The fourth-order valence-electron chi connectivity index (χ4n) is 3.15. The number of nitrogens with one attached hydrogen (secondary N) is 1. The maximum atomic E-state index is 13.1. The van der Waals surface area contributed by atoms with Crippen molar-refractivity contribution in [3.05, 3.63) is 34.9 Å². The van der Waals surface area contributed by atoms with Crippen molar-refractivity contribution in [1.29, 1.82) is 0 Å². The monoisotopic (exact) mass is 339 g/mol. The normalized spacial score (nSPS) is 18.7. The summed E-state index contributed by atoms with van der Waals surface area (Å²) in [6.07, 6.45) is 1.88. The lowest BCUT2D eigenvalue weighted by Crippen LogP contribution is -2.52. The second-order valence-corrected chi connectivity index (χ2v) is 6.97. The van der Waals surface area contributed by atoms with Gasteiger partial charge in [0.25, 0.3) is 0 Å². The van der Waals surface area contributed by atoms with Gasteiger partial charge in [0.2, 0.25) is 5.91 Å². The average Bonchev–Trinajstić information content (AvgIpc) is 2.55. The molecule has 1 aliphatic heterocycles. The standard InChI is InChI=1S/C18H26ClNO3/c1-13(2)16(7-10-21)20-17(22)18(8-11-23-12-9-18)14-3-5-15(19)6-4-14/h3-6,13,16,21H,7-12H2,1-2H3,(H,20,22). The molecule has 0 aliphatic carbocycles. The molecule has 0 spiro atoms. The molecule has 0 bridgehead atoms. The van der Waals surface area contributed by atoms with Gasteiger partial charge in [0.05, 0.1) is 5.41 Å². The van der Waals surface area contributed by atoms with Crippen LogP contribution in [-0.4, -0.2) is 36.9 Å². The van der Waals surface area contributed by atoms with Gasteiger partial charge in [0.1, 0.15) is 0 Å². The molecule has 128 valence electrons. The Bertz CT molecular complexity index is 510. The molecular weight excluding hydrogens is 314 g/mol. The van der Waals surface area contributed by atoms with Crippen molar-refractivity contribution in [2.24, 2.45) is 5.92 Å². The van der Waals surface area contributed by atoms with Crippen LogP contribution in [0.5, 0.6) is 0 Å². The van der Waals surface area contributed by atoms with Crippen LogP contribution in [0.25, 0.3) is 0 Å². The second-order valence-electron chi connectivity index (χ2n) is 6.54. The first-order chi connectivity index (χ1) is 11.0. The van der Waals surface area contributed by atoms with Crippen molar-refractivity contribution >= 4 is 17.5 Å². The molecule has 1 fully saturated rings. The first-order valence-corrected chi connectivity index (χ1v) is 8.63. The molecule has 1 saturated heterocycles. The van der Waals surface area contributed by atoms with Crippen LogP contribution in [0.4, 0.5) is 0 Å². The van der Waals surface area contributed by atoms with E-state index in [0.717, 1.165) is 5.56 Å². The molecule has 1 aliphatic rings. The Morgan fingerprint density at radius 1 is 1.30 bits per heavy atom. The van der Waals surface area contributed by atoms with E-state index in [9.17, 15) is 9.90 Å². The number of benzene rings is 1. The fourth-order valence-corrected chi connectivity index (χ4v) is 3.28. The van der Waals surface area contributed by atoms with Crippen LogP contribution < -0.4 is 5.32 Å². The largest absolute Gasteiger partial charge is 0.396 e. The molecule has 2 N–H and O–H groups in total. The molecule has 0 radical (unpaired) electrons. The van der Waals surface area contributed by atoms with Gasteiger partial charge in [-0.15, -0.1) is 0 Å². The quantitative estimate of drug-likeness (QED) is 0.837. The summed E-state index contributed by atoms with van der Waals surface area (Å²) >= 11 is 5.99. The van der Waals surface area contributed by atoms with Crippen molar-refractivity contribution in [2.75, 3.05) is 19.8 Å². The van der Waals surface area contributed by atoms with Gasteiger partial charge in [0, 0.05) is 30.9 Å². The summed E-state index contributed by atoms with van der Waals surface area (Å²) < 4.78 is 5.47. The van der Waals surface area contributed by atoms with Crippen LogP contribution in [0.1, 0.15) is 38.7 Å². The maximum Gasteiger partial charge on any atom is 0.231 e. The highest BCUT2D eigenvalue weighted by atomic mass is 35.5. The molecule has 1 aromatic carbocycles. The number of rotatable bonds is 6. The van der Waals surface area contributed by atoms with E-state index < -0.39 is 5.41 Å². The van der Waals surface area contributed by atoms with E-state index in [0.29, 0.717) is 37.5 Å². The number of halogens is 1. The predicted molar refractivity (Wildman–Crippen MR) is 91.7 cm³/mol. The number of carbonyl (C=O) groups is 1. The van der Waals surface area contributed by atoms with Gasteiger partial charge >= 0.3 is 0 Å². The van der Waals surface area contributed by atoms with Crippen molar-refractivity contribution in [3.8, 4) is 0 Å². The highest BCUT2D eigenvalue weighted by Gasteiger charge is 2.42. The topological polar surface area (TPSA) is 58.6 Å². The van der Waals surface area contributed by atoms with Gasteiger partial charge in [-0.05, 0) is 42.9 Å². The molecule has 0 aromatic heterocycles. The van der Waals surface area contributed by atoms with E-state index in [1.807, 2.05) is 24.3 Å². The third-order valence-corrected chi connectivity index (χ3v) is 4.99. The predicted octanol–water partition coefficient (Wildman–Crippen LogP) is 2.91. The van der Waals surface area contributed by atoms with Gasteiger partial charge in [-0.1, -0.05) is 37.6 Å². The van der Waals surface area contributed by atoms with Crippen molar-refractivity contribution < 1.29 is 14.6 Å². The third kappa shape index (κ3) is 4.25. The van der Waals surface area contributed by atoms with Crippen molar-refractivity contribution in [3.63, 3.8) is 0 Å². The van der Waals surface area contributed by atoms with E-state index in [1.165, 1.54) is 0 Å². The van der Waals surface area contributed by atoms with Crippen LogP contribution >= 0.6 is 11.6 Å². The zero-order valence-electron chi connectivity index (χ0n) is 13.8. The summed E-state index contributed by atoms with van der Waals surface area (Å²) in [7, 11) is 0. The number of carbonyl (C=O) groups excluding carboxylic acids is 1. The summed E-state index contributed by atoms with van der Waals surface area (Å²) in [6, 6.07) is 7.50. The number of hydrogen-bond donors (Lipinski definition) is 2. The van der Waals surface area contributed by atoms with Crippen LogP contribution in [0.15, 0.2) is 24.3 Å². The van der Waals surface area contributed by atoms with E-state index in [4.69, 9.17) is 16.3 Å². The minimum Gasteiger partial charge on any atom is -0.396 e. The SMILES string of the molecule is CC(C)C(CCO)NC(=O)C1(c2ccc(Cl)cc2)CCOCC1. The van der Waals surface area contributed by atoms with Crippen LogP contribution in [0.2, 0.25) is 5.02 Å². The van der Waals surface area contributed by atoms with Gasteiger partial charge in [-0.3, -0.25) is 4.79 Å². The minimum absolute atomic E-state index is 0.0234. The van der Waals surface area contributed by atoms with Gasteiger partial charge in [0.15, 0.2) is 0 Å². The summed E-state index contributed by atoms with van der Waals surface area (Å²) in [5.74, 6) is 0.295. The minimum atomic E-state index is -0.578. The number of hydrogen-bond acceptors (Lipinski definition) is 3. The molecule has 1 amide bonds. The van der Waals surface area contributed by atoms with Gasteiger partial charge in [-0.2, -0.15) is 0 Å². The van der Waals surface area contributed by atoms with Crippen molar-refractivity contribution in [1.82, 2.24) is 5.32 Å². The summed E-state index contributed by atoms with van der Waals surface area (Å²) in [6.45, 7) is 5.32. The highest BCUT2D eigenvalue weighted by Crippen LogP contribution is 2.36. The third-order valence-electron chi connectivity index (χ3n) is 4.74. The lowest BCUT2D eigenvalue weighted by molar-refractivity contribution is -0.131. The summed E-state index contributed by atoms with van der Waals surface area (Å²) in [5.41, 5.74) is 0.403. The second kappa shape index (κ2) is 8.13. The number of aliphatic hydroxyl groups excluding tert-OH is 1. The Labute approximate surface area is 143 Å². The van der Waals surface area contributed by atoms with E-state index >= 15 is 0 Å². The highest BCUT2D eigenvalue weighted by molar-refractivity contribution is 6.30. The van der Waals surface area contributed by atoms with E-state index in [1.54, 1.807) is 0 Å². The Morgan fingerprint density at radius 2 is 1.91 bits per heavy atom. The molecule has 2 rings (SSSR count). The zero-order valence-corrected chi connectivity index (χ0v) is 14.6. The number of ether oxygens (including phenoxy) is 1. The lowest BCUT2D eigenvalue weighted by Gasteiger charge is -2.38. The van der Waals surface area contributed by atoms with Gasteiger partial charge in [-0.25, -0.2) is 0 Å². The molecule has 5 heteroatoms. The fraction of sp³-hybridized carbons (Fsp3) is 0.611. The van der Waals surface area contributed by atoms with Gasteiger partial charge < -0.3 is 15.2 Å². The molecule has 1 heterocycles. The van der Waals surface area contributed by atoms with Crippen LogP contribution in [0.3, 0.4) is 0 Å². The molecular formula is C18H26ClNO3. The van der Waals surface area contributed by atoms with E-state index in [-0.39, 0.29) is 24.5 Å². The Morgan fingerprint density at radius 3 is 2.43 bits per heavy atom. The number of aliphatic hydroxyl groups is 1. The zero-order chi connectivity index (χ0) is 16.9. The summed E-state index contributed by atoms with van der Waals surface area (Å²) in [5, 5.41) is 13.1. The maximum absolute atomic E-state index is 13.1. The Kier molecular flexibility index (Phi) is 6.45. The molecule has 1 unspecified atom stereocenters. The smallest absolute Gasteiger partial charge is 0.231 e. The van der Waals surface area contributed by atoms with E-state index in [2.05, 4.69) is 19.2 Å². The van der Waals surface area contributed by atoms with Crippen LogP contribution in [-0.2, 0) is 14.9 Å². The summed E-state index contributed by atoms with van der Waals surface area (Å²) in [4.78, 5) is 13.1. The number of amides is 1. The van der Waals surface area contributed by atoms with Crippen LogP contribution in [0, 0.1) is 5.92 Å². The molecule has 1 aromatic rings. The Hall–Kier alpha value is -1.10. The molecule has 1 atom stereocenters. The first kappa shape index (κ1) is 18.2. The molecule has 0 saturated carbocycles. The average molecular weight is 340 g/mol. The molecule has 23 heavy (non-hydrogen) atoms. The Balaban J connectivity index is 2.26.